The third-order valence-electron chi connectivity index (χ3n) is 3.96. The molecular formula is C18H20NO4P. The van der Waals surface area contributed by atoms with Crippen LogP contribution < -0.4 is 15.9 Å². The van der Waals surface area contributed by atoms with Crippen LogP contribution in [0.15, 0.2) is 60.7 Å². The summed E-state index contributed by atoms with van der Waals surface area (Å²) in [4.78, 5) is 23.0. The van der Waals surface area contributed by atoms with Crippen LogP contribution in [0.1, 0.15) is 13.8 Å². The number of carbonyl (C=O) groups excluding carboxylic acids is 1. The quantitative estimate of drug-likeness (QED) is 0.784. The minimum atomic E-state index is -3.28. The molecule has 0 spiro atoms. The van der Waals surface area contributed by atoms with E-state index in [9.17, 15) is 19.3 Å². The highest BCUT2D eigenvalue weighted by molar-refractivity contribution is 7.79. The second-order valence-electron chi connectivity index (χ2n) is 5.59. The van der Waals surface area contributed by atoms with Crippen molar-refractivity contribution in [1.82, 2.24) is 5.32 Å². The van der Waals surface area contributed by atoms with E-state index in [1.807, 2.05) is 12.1 Å². The maximum atomic E-state index is 14.0. The van der Waals surface area contributed by atoms with E-state index in [4.69, 9.17) is 0 Å². The molecule has 5 nitrogen and oxygen atoms in total. The van der Waals surface area contributed by atoms with Crippen molar-refractivity contribution >= 4 is 29.6 Å². The molecule has 0 bridgehead atoms. The Labute approximate surface area is 141 Å². The molecule has 6 heteroatoms. The van der Waals surface area contributed by atoms with Crippen LogP contribution in [0.4, 0.5) is 0 Å². The first-order valence-corrected chi connectivity index (χ1v) is 9.36. The Hall–Kier alpha value is -2.39. The van der Waals surface area contributed by atoms with Crippen LogP contribution in [0.3, 0.4) is 0 Å². The Bertz CT molecular complexity index is 718. The van der Waals surface area contributed by atoms with Crippen LogP contribution in [0.25, 0.3) is 0 Å². The molecule has 2 rings (SSSR count). The number of benzene rings is 2. The number of hydrogen-bond donors (Lipinski definition) is 2. The van der Waals surface area contributed by atoms with Crippen molar-refractivity contribution < 1.29 is 19.3 Å². The standard InChI is InChI=1S/C18H20NO4P/c1-13(17(18(21)22)19-14(2)20)24(23,15-9-5-3-6-10-15)16-11-7-4-8-12-16/h3-13,17H,1-2H3,(H,19,20)(H,21,22). The maximum Gasteiger partial charge on any atom is 0.326 e. The number of nitrogens with one attached hydrogen (secondary N) is 1. The Morgan fingerprint density at radius 2 is 1.38 bits per heavy atom. The molecule has 1 amide bonds. The van der Waals surface area contributed by atoms with Crippen LogP contribution in [0, 0.1) is 0 Å². The van der Waals surface area contributed by atoms with Crippen LogP contribution in [-0.2, 0) is 14.2 Å². The number of rotatable bonds is 6. The van der Waals surface area contributed by atoms with Crippen molar-refractivity contribution in [1.29, 1.82) is 0 Å². The van der Waals surface area contributed by atoms with Gasteiger partial charge in [0.15, 0.2) is 0 Å². The van der Waals surface area contributed by atoms with Gasteiger partial charge >= 0.3 is 5.97 Å². The van der Waals surface area contributed by atoms with Gasteiger partial charge in [-0.25, -0.2) is 4.79 Å². The lowest BCUT2D eigenvalue weighted by Gasteiger charge is -2.30. The van der Waals surface area contributed by atoms with E-state index in [0.29, 0.717) is 10.6 Å². The Morgan fingerprint density at radius 1 is 0.958 bits per heavy atom. The number of aliphatic carboxylic acids is 1. The zero-order valence-corrected chi connectivity index (χ0v) is 14.4. The lowest BCUT2D eigenvalue weighted by molar-refractivity contribution is -0.141. The minimum Gasteiger partial charge on any atom is -0.480 e. The average Bonchev–Trinajstić information content (AvgIpc) is 2.59. The summed E-state index contributed by atoms with van der Waals surface area (Å²) in [6.45, 7) is 2.86. The SMILES string of the molecule is CC(=O)NC(C(=O)O)C(C)P(=O)(c1ccccc1)c1ccccc1. The topological polar surface area (TPSA) is 83.5 Å². The Kier molecular flexibility index (Phi) is 5.58. The zero-order chi connectivity index (χ0) is 17.7. The van der Waals surface area contributed by atoms with Crippen molar-refractivity contribution in [3.05, 3.63) is 60.7 Å². The first-order valence-electron chi connectivity index (χ1n) is 7.58. The largest absolute Gasteiger partial charge is 0.480 e. The van der Waals surface area contributed by atoms with Crippen molar-refractivity contribution in [2.75, 3.05) is 0 Å². The normalized spacial score (nSPS) is 13.8. The maximum absolute atomic E-state index is 14.0. The first-order chi connectivity index (χ1) is 11.4. The summed E-state index contributed by atoms with van der Waals surface area (Å²) in [5.41, 5.74) is -0.802. The van der Waals surface area contributed by atoms with Crippen molar-refractivity contribution in [2.24, 2.45) is 0 Å². The van der Waals surface area contributed by atoms with Gasteiger partial charge in [-0.2, -0.15) is 0 Å². The molecule has 126 valence electrons. The summed E-state index contributed by atoms with van der Waals surface area (Å²) in [6.07, 6.45) is 0. The van der Waals surface area contributed by atoms with E-state index in [2.05, 4.69) is 5.32 Å². The third kappa shape index (κ3) is 3.57. The molecule has 2 unspecified atom stereocenters. The molecule has 2 atom stereocenters. The van der Waals surface area contributed by atoms with E-state index >= 15 is 0 Å². The molecule has 0 radical (unpaired) electrons. The monoisotopic (exact) mass is 345 g/mol. The van der Waals surface area contributed by atoms with Gasteiger partial charge in [0, 0.05) is 23.2 Å². The fraction of sp³-hybridized carbons (Fsp3) is 0.222. The van der Waals surface area contributed by atoms with Crippen LogP contribution in [0.5, 0.6) is 0 Å². The number of carboxylic acids is 1. The van der Waals surface area contributed by atoms with Crippen molar-refractivity contribution in [3.8, 4) is 0 Å². The predicted octanol–water partition coefficient (Wildman–Crippen LogP) is 1.98. The highest BCUT2D eigenvalue weighted by Crippen LogP contribution is 2.49. The number of carbonyl (C=O) groups is 2. The van der Waals surface area contributed by atoms with E-state index in [1.165, 1.54) is 6.92 Å². The fourth-order valence-corrected chi connectivity index (χ4v) is 5.83. The Morgan fingerprint density at radius 3 is 1.71 bits per heavy atom. The molecule has 0 aliphatic heterocycles. The summed E-state index contributed by atoms with van der Waals surface area (Å²) in [6, 6.07) is 16.4. The zero-order valence-electron chi connectivity index (χ0n) is 13.5. The van der Waals surface area contributed by atoms with Gasteiger partial charge in [0.2, 0.25) is 5.91 Å². The Balaban J connectivity index is 2.60. The molecule has 2 aromatic carbocycles. The summed E-state index contributed by atoms with van der Waals surface area (Å²) in [7, 11) is -3.28. The van der Waals surface area contributed by atoms with E-state index in [0.717, 1.165) is 0 Å². The molecule has 2 N–H and O–H groups in total. The van der Waals surface area contributed by atoms with Gasteiger partial charge in [0.05, 0.1) is 0 Å². The molecule has 0 aliphatic carbocycles. The average molecular weight is 345 g/mol. The van der Waals surface area contributed by atoms with Gasteiger partial charge in [0.1, 0.15) is 13.2 Å². The second-order valence-corrected chi connectivity index (χ2v) is 8.75. The third-order valence-corrected chi connectivity index (χ3v) is 7.54. The fourth-order valence-electron chi connectivity index (χ4n) is 2.74. The minimum absolute atomic E-state index is 0.470. The van der Waals surface area contributed by atoms with Crippen molar-refractivity contribution in [3.63, 3.8) is 0 Å². The van der Waals surface area contributed by atoms with Gasteiger partial charge in [-0.15, -0.1) is 0 Å². The molecule has 0 aromatic heterocycles. The summed E-state index contributed by atoms with van der Waals surface area (Å²) in [5.74, 6) is -1.67. The van der Waals surface area contributed by atoms with Gasteiger partial charge < -0.3 is 15.0 Å². The smallest absolute Gasteiger partial charge is 0.326 e. The predicted molar refractivity (Wildman–Crippen MR) is 94.5 cm³/mol. The van der Waals surface area contributed by atoms with Gasteiger partial charge in [0.25, 0.3) is 0 Å². The van der Waals surface area contributed by atoms with E-state index in [1.54, 1.807) is 55.5 Å². The first kappa shape index (κ1) is 18.0. The summed E-state index contributed by atoms with van der Waals surface area (Å²) in [5, 5.41) is 13.1. The van der Waals surface area contributed by atoms with Gasteiger partial charge in [-0.05, 0) is 0 Å². The second kappa shape index (κ2) is 7.45. The van der Waals surface area contributed by atoms with Crippen molar-refractivity contribution in [2.45, 2.75) is 25.5 Å². The van der Waals surface area contributed by atoms with Crippen LogP contribution in [-0.4, -0.2) is 28.7 Å². The number of carboxylic acid groups (broad SMARTS) is 1. The van der Waals surface area contributed by atoms with Crippen LogP contribution >= 0.6 is 7.14 Å². The molecule has 2 aromatic rings. The molecule has 24 heavy (non-hydrogen) atoms. The summed E-state index contributed by atoms with van der Waals surface area (Å²) >= 11 is 0. The molecule has 0 heterocycles. The van der Waals surface area contributed by atoms with Crippen LogP contribution in [0.2, 0.25) is 0 Å². The van der Waals surface area contributed by atoms with Gasteiger partial charge in [-0.1, -0.05) is 67.6 Å². The van der Waals surface area contributed by atoms with Gasteiger partial charge in [-0.3, -0.25) is 4.79 Å². The highest BCUT2D eigenvalue weighted by Gasteiger charge is 2.41. The van der Waals surface area contributed by atoms with E-state index < -0.39 is 30.7 Å². The molecule has 0 fully saturated rings. The molecule has 0 saturated heterocycles. The highest BCUT2D eigenvalue weighted by atomic mass is 31.2. The molecule has 0 saturated carbocycles. The lowest BCUT2D eigenvalue weighted by Crippen LogP contribution is -2.48. The lowest BCUT2D eigenvalue weighted by atomic mass is 10.2. The molecule has 0 aliphatic rings. The number of amides is 1. The molecular weight excluding hydrogens is 325 g/mol. The summed E-state index contributed by atoms with van der Waals surface area (Å²) < 4.78 is 14.0. The number of hydrogen-bond acceptors (Lipinski definition) is 3. The van der Waals surface area contributed by atoms with E-state index in [-0.39, 0.29) is 0 Å².